The number of amides is 1. The van der Waals surface area contributed by atoms with Gasteiger partial charge in [-0.25, -0.2) is 4.83 Å². The minimum atomic E-state index is -3.75. The van der Waals surface area contributed by atoms with Gasteiger partial charge in [0, 0.05) is 35.8 Å². The number of carbonyl (C=O) groups is 1. The number of benzene rings is 2. The fraction of sp³-hybridized carbons (Fsp3) is 0.273. The summed E-state index contributed by atoms with van der Waals surface area (Å²) in [6.45, 7) is 4.37. The van der Waals surface area contributed by atoms with Crippen LogP contribution in [0.5, 0.6) is 0 Å². The number of aryl methyl sites for hydroxylation is 1. The van der Waals surface area contributed by atoms with E-state index in [0.717, 1.165) is 22.0 Å². The molecular formula is C22H24N4O4S. The fourth-order valence-corrected chi connectivity index (χ4v) is 4.29. The number of rotatable bonds is 6. The second-order valence-electron chi connectivity index (χ2n) is 7.39. The second-order valence-corrected chi connectivity index (χ2v) is 9.05. The zero-order valence-electron chi connectivity index (χ0n) is 17.2. The highest BCUT2D eigenvalue weighted by atomic mass is 32.2. The molecule has 0 bridgehead atoms. The highest BCUT2D eigenvalue weighted by Crippen LogP contribution is 2.20. The zero-order valence-corrected chi connectivity index (χ0v) is 18.0. The van der Waals surface area contributed by atoms with Crippen molar-refractivity contribution >= 4 is 33.0 Å². The van der Waals surface area contributed by atoms with Crippen molar-refractivity contribution in [3.8, 4) is 0 Å². The Morgan fingerprint density at radius 1 is 1.13 bits per heavy atom. The molecule has 1 saturated heterocycles. The Kier molecular flexibility index (Phi) is 6.06. The Morgan fingerprint density at radius 3 is 2.58 bits per heavy atom. The first kappa shape index (κ1) is 21.1. The lowest BCUT2D eigenvalue weighted by molar-refractivity contribution is -0.135. The number of morpholine rings is 1. The van der Waals surface area contributed by atoms with Gasteiger partial charge >= 0.3 is 0 Å². The molecule has 0 saturated carbocycles. The normalized spacial score (nSPS) is 14.9. The number of hydrogen-bond acceptors (Lipinski definition) is 5. The Balaban J connectivity index is 1.54. The number of aromatic nitrogens is 1. The van der Waals surface area contributed by atoms with Crippen LogP contribution in [0.4, 0.5) is 0 Å². The van der Waals surface area contributed by atoms with Crippen molar-refractivity contribution in [2.24, 2.45) is 5.10 Å². The standard InChI is InChI=1S/C22H24N4O4S/c1-17-6-8-19(9-7-17)31(28,29)24-23-14-18-15-26(21-5-3-2-4-20(18)21)16-22(27)25-10-12-30-13-11-25/h2-9,14-15,24H,10-13,16H2,1H3/b23-14-. The second kappa shape index (κ2) is 8.91. The number of hydrazone groups is 1. The Morgan fingerprint density at radius 2 is 1.84 bits per heavy atom. The summed E-state index contributed by atoms with van der Waals surface area (Å²) >= 11 is 0. The molecule has 0 aliphatic carbocycles. The van der Waals surface area contributed by atoms with E-state index in [1.807, 2.05) is 42.0 Å². The molecule has 0 unspecified atom stereocenters. The third-order valence-corrected chi connectivity index (χ3v) is 6.44. The predicted octanol–water partition coefficient (Wildman–Crippen LogP) is 2.12. The summed E-state index contributed by atoms with van der Waals surface area (Å²) in [7, 11) is -3.75. The Bertz CT molecular complexity index is 1210. The first-order valence-corrected chi connectivity index (χ1v) is 11.5. The number of ether oxygens (including phenoxy) is 1. The molecule has 1 amide bonds. The van der Waals surface area contributed by atoms with Crippen molar-refractivity contribution in [3.63, 3.8) is 0 Å². The van der Waals surface area contributed by atoms with Crippen LogP contribution in [0.15, 0.2) is 64.7 Å². The van der Waals surface area contributed by atoms with E-state index in [-0.39, 0.29) is 17.3 Å². The molecule has 1 fully saturated rings. The van der Waals surface area contributed by atoms with Gasteiger partial charge in [-0.2, -0.15) is 13.5 Å². The molecule has 162 valence electrons. The lowest BCUT2D eigenvalue weighted by Gasteiger charge is -2.27. The van der Waals surface area contributed by atoms with Crippen molar-refractivity contribution in [1.82, 2.24) is 14.3 Å². The average Bonchev–Trinajstić information content (AvgIpc) is 3.12. The van der Waals surface area contributed by atoms with E-state index in [1.54, 1.807) is 17.0 Å². The number of carbonyl (C=O) groups excluding carboxylic acids is 1. The highest BCUT2D eigenvalue weighted by molar-refractivity contribution is 7.89. The van der Waals surface area contributed by atoms with Crippen LogP contribution in [0.1, 0.15) is 11.1 Å². The number of hydrogen-bond donors (Lipinski definition) is 1. The summed E-state index contributed by atoms with van der Waals surface area (Å²) in [5.41, 5.74) is 2.57. The first-order chi connectivity index (χ1) is 14.9. The van der Waals surface area contributed by atoms with Gasteiger partial charge in [0.05, 0.1) is 24.3 Å². The molecule has 0 atom stereocenters. The van der Waals surface area contributed by atoms with Crippen LogP contribution in [0.3, 0.4) is 0 Å². The molecule has 1 aromatic heterocycles. The molecule has 1 aliphatic rings. The van der Waals surface area contributed by atoms with E-state index in [2.05, 4.69) is 9.93 Å². The molecule has 3 aromatic rings. The molecule has 0 spiro atoms. The van der Waals surface area contributed by atoms with Gasteiger partial charge in [-0.1, -0.05) is 35.9 Å². The topological polar surface area (TPSA) is 93.0 Å². The Hall–Kier alpha value is -3.17. The van der Waals surface area contributed by atoms with Crippen LogP contribution >= 0.6 is 0 Å². The lowest BCUT2D eigenvalue weighted by Crippen LogP contribution is -2.42. The maximum absolute atomic E-state index is 12.7. The van der Waals surface area contributed by atoms with Crippen molar-refractivity contribution < 1.29 is 17.9 Å². The molecule has 9 heteroatoms. The van der Waals surface area contributed by atoms with Crippen LogP contribution < -0.4 is 4.83 Å². The molecule has 4 rings (SSSR count). The minimum absolute atomic E-state index is 0.0209. The molecule has 2 aromatic carbocycles. The summed E-state index contributed by atoms with van der Waals surface area (Å²) in [6, 6.07) is 14.2. The highest BCUT2D eigenvalue weighted by Gasteiger charge is 2.18. The first-order valence-electron chi connectivity index (χ1n) is 9.99. The number of nitrogens with zero attached hydrogens (tertiary/aromatic N) is 3. The van der Waals surface area contributed by atoms with Gasteiger partial charge in [0.15, 0.2) is 0 Å². The monoisotopic (exact) mass is 440 g/mol. The molecular weight excluding hydrogens is 416 g/mol. The fourth-order valence-electron chi connectivity index (χ4n) is 3.50. The molecule has 8 nitrogen and oxygen atoms in total. The minimum Gasteiger partial charge on any atom is -0.378 e. The van der Waals surface area contributed by atoms with Crippen LogP contribution in [0.25, 0.3) is 10.9 Å². The van der Waals surface area contributed by atoms with Crippen LogP contribution in [0.2, 0.25) is 0 Å². The van der Waals surface area contributed by atoms with Gasteiger partial charge in [-0.3, -0.25) is 4.79 Å². The van der Waals surface area contributed by atoms with Crippen LogP contribution in [0, 0.1) is 6.92 Å². The summed E-state index contributed by atoms with van der Waals surface area (Å²) < 4.78 is 32.0. The van der Waals surface area contributed by atoms with E-state index in [4.69, 9.17) is 4.74 Å². The average molecular weight is 441 g/mol. The summed E-state index contributed by atoms with van der Waals surface area (Å²) in [6.07, 6.45) is 3.27. The largest absolute Gasteiger partial charge is 0.378 e. The van der Waals surface area contributed by atoms with Gasteiger partial charge < -0.3 is 14.2 Å². The van der Waals surface area contributed by atoms with E-state index in [1.165, 1.54) is 18.3 Å². The maximum atomic E-state index is 12.7. The molecule has 1 N–H and O–H groups in total. The number of nitrogens with one attached hydrogen (secondary N) is 1. The molecule has 2 heterocycles. The molecule has 1 aliphatic heterocycles. The van der Waals surface area contributed by atoms with Crippen molar-refractivity contribution in [2.45, 2.75) is 18.4 Å². The summed E-state index contributed by atoms with van der Waals surface area (Å²) in [5.74, 6) is 0.0209. The van der Waals surface area contributed by atoms with Gasteiger partial charge in [0.25, 0.3) is 10.0 Å². The molecule has 31 heavy (non-hydrogen) atoms. The number of sulfonamides is 1. The zero-order chi connectivity index (χ0) is 21.8. The van der Waals surface area contributed by atoms with Gasteiger partial charge in [0.1, 0.15) is 6.54 Å². The summed E-state index contributed by atoms with van der Waals surface area (Å²) in [5, 5.41) is 4.84. The van der Waals surface area contributed by atoms with Gasteiger partial charge in [0.2, 0.25) is 5.91 Å². The Labute approximate surface area is 181 Å². The van der Waals surface area contributed by atoms with Crippen molar-refractivity contribution in [3.05, 3.63) is 65.9 Å². The lowest BCUT2D eigenvalue weighted by atomic mass is 10.2. The number of para-hydroxylation sites is 1. The third-order valence-electron chi connectivity index (χ3n) is 5.20. The van der Waals surface area contributed by atoms with Crippen molar-refractivity contribution in [1.29, 1.82) is 0 Å². The quantitative estimate of drug-likeness (QED) is 0.469. The van der Waals surface area contributed by atoms with Gasteiger partial charge in [-0.05, 0) is 25.1 Å². The van der Waals surface area contributed by atoms with E-state index in [0.29, 0.717) is 26.3 Å². The van der Waals surface area contributed by atoms with Gasteiger partial charge in [-0.15, -0.1) is 0 Å². The van der Waals surface area contributed by atoms with E-state index >= 15 is 0 Å². The van der Waals surface area contributed by atoms with Crippen LogP contribution in [-0.4, -0.2) is 56.3 Å². The van der Waals surface area contributed by atoms with E-state index in [9.17, 15) is 13.2 Å². The van der Waals surface area contributed by atoms with Crippen molar-refractivity contribution in [2.75, 3.05) is 26.3 Å². The number of fused-ring (bicyclic) bond motifs is 1. The SMILES string of the molecule is Cc1ccc(S(=O)(=O)N/N=C\c2cn(CC(=O)N3CCOCC3)c3ccccc23)cc1. The predicted molar refractivity (Wildman–Crippen MR) is 118 cm³/mol. The third kappa shape index (κ3) is 4.78. The van der Waals surface area contributed by atoms with Crippen LogP contribution in [-0.2, 0) is 26.1 Å². The smallest absolute Gasteiger partial charge is 0.276 e. The van der Waals surface area contributed by atoms with E-state index < -0.39 is 10.0 Å². The molecule has 0 radical (unpaired) electrons. The maximum Gasteiger partial charge on any atom is 0.276 e. The summed E-state index contributed by atoms with van der Waals surface area (Å²) in [4.78, 5) is 16.9.